The van der Waals surface area contributed by atoms with Crippen LogP contribution in [0, 0.1) is 11.3 Å². The molecule has 20 heavy (non-hydrogen) atoms. The molecule has 3 nitrogen and oxygen atoms in total. The molecule has 0 atom stereocenters. The number of aromatic nitrogens is 2. The van der Waals surface area contributed by atoms with E-state index in [2.05, 4.69) is 28.3 Å². The fourth-order valence-electron chi connectivity index (χ4n) is 3.10. The molecule has 4 rings (SSSR count). The van der Waals surface area contributed by atoms with E-state index in [0.29, 0.717) is 10.7 Å². The molecular formula is C15H18ClN3S. The van der Waals surface area contributed by atoms with Gasteiger partial charge in [-0.3, -0.25) is 0 Å². The van der Waals surface area contributed by atoms with E-state index in [1.54, 1.807) is 11.3 Å². The molecule has 2 aromatic rings. The first kappa shape index (κ1) is 12.8. The summed E-state index contributed by atoms with van der Waals surface area (Å²) < 4.78 is 0. The highest BCUT2D eigenvalue weighted by molar-refractivity contribution is 7.18. The van der Waals surface area contributed by atoms with Crippen LogP contribution in [0.4, 0.5) is 5.82 Å². The zero-order chi connectivity index (χ0) is 13.7. The van der Waals surface area contributed by atoms with Crippen LogP contribution in [0.1, 0.15) is 37.5 Å². The highest BCUT2D eigenvalue weighted by Crippen LogP contribution is 2.61. The van der Waals surface area contributed by atoms with Crippen molar-refractivity contribution in [3.05, 3.63) is 16.2 Å². The number of thiophene rings is 1. The molecule has 0 bridgehead atoms. The van der Waals surface area contributed by atoms with E-state index in [9.17, 15) is 0 Å². The highest BCUT2D eigenvalue weighted by atomic mass is 35.5. The molecule has 5 heteroatoms. The van der Waals surface area contributed by atoms with Crippen LogP contribution in [0.3, 0.4) is 0 Å². The molecular weight excluding hydrogens is 290 g/mol. The molecule has 0 amide bonds. The summed E-state index contributed by atoms with van der Waals surface area (Å²) in [7, 11) is 0. The van der Waals surface area contributed by atoms with E-state index >= 15 is 0 Å². The number of halogens is 1. The first-order chi connectivity index (χ1) is 9.70. The largest absolute Gasteiger partial charge is 0.369 e. The van der Waals surface area contributed by atoms with E-state index in [0.717, 1.165) is 34.9 Å². The second kappa shape index (κ2) is 4.57. The summed E-state index contributed by atoms with van der Waals surface area (Å²) in [5, 5.41) is 5.04. The SMILES string of the molecule is CCc1cc2c(NCC3(C4CC4)CC3)nc(Cl)nc2s1. The van der Waals surface area contributed by atoms with Crippen LogP contribution in [0.25, 0.3) is 10.2 Å². The van der Waals surface area contributed by atoms with Crippen molar-refractivity contribution >= 4 is 39.0 Å². The molecule has 2 aliphatic rings. The number of nitrogens with zero attached hydrogens (tertiary/aromatic N) is 2. The second-order valence-electron chi connectivity index (χ2n) is 6.12. The lowest BCUT2D eigenvalue weighted by Gasteiger charge is -2.15. The number of aryl methyl sites for hydroxylation is 1. The van der Waals surface area contributed by atoms with Crippen molar-refractivity contribution in [1.82, 2.24) is 9.97 Å². The lowest BCUT2D eigenvalue weighted by atomic mass is 10.0. The van der Waals surface area contributed by atoms with Gasteiger partial charge < -0.3 is 5.32 Å². The third-order valence-corrected chi connectivity index (χ3v) is 6.05. The van der Waals surface area contributed by atoms with E-state index in [-0.39, 0.29) is 0 Å². The van der Waals surface area contributed by atoms with Gasteiger partial charge in [0, 0.05) is 11.4 Å². The van der Waals surface area contributed by atoms with Crippen LogP contribution in [0.15, 0.2) is 6.07 Å². The maximum atomic E-state index is 6.06. The number of fused-ring (bicyclic) bond motifs is 1. The first-order valence-electron chi connectivity index (χ1n) is 7.40. The van der Waals surface area contributed by atoms with E-state index in [4.69, 9.17) is 11.6 Å². The lowest BCUT2D eigenvalue weighted by molar-refractivity contribution is 0.466. The lowest BCUT2D eigenvalue weighted by Crippen LogP contribution is -2.18. The van der Waals surface area contributed by atoms with Crippen molar-refractivity contribution < 1.29 is 0 Å². The maximum Gasteiger partial charge on any atom is 0.225 e. The molecule has 2 saturated carbocycles. The van der Waals surface area contributed by atoms with Crippen LogP contribution < -0.4 is 5.32 Å². The summed E-state index contributed by atoms with van der Waals surface area (Å²) in [6.45, 7) is 3.20. The Morgan fingerprint density at radius 2 is 2.20 bits per heavy atom. The molecule has 106 valence electrons. The van der Waals surface area contributed by atoms with Gasteiger partial charge in [0.05, 0.1) is 5.39 Å². The molecule has 0 aliphatic heterocycles. The van der Waals surface area contributed by atoms with Gasteiger partial charge in [0.15, 0.2) is 0 Å². The Bertz CT molecular complexity index is 658. The average Bonchev–Trinajstić information content (AvgIpc) is 3.32. The standard InChI is InChI=1S/C15H18ClN3S/c1-2-10-7-11-12(18-14(16)19-13(11)20-10)17-8-15(5-6-15)9-3-4-9/h7,9H,2-6,8H2,1H3,(H,17,18,19). The second-order valence-corrected chi connectivity index (χ2v) is 7.57. The number of hydrogen-bond acceptors (Lipinski definition) is 4. The van der Waals surface area contributed by atoms with Crippen LogP contribution in [-0.2, 0) is 6.42 Å². The van der Waals surface area contributed by atoms with E-state index in [1.165, 1.54) is 30.6 Å². The Hall–Kier alpha value is -0.870. The van der Waals surface area contributed by atoms with Gasteiger partial charge in [-0.2, -0.15) is 0 Å². The smallest absolute Gasteiger partial charge is 0.225 e. The van der Waals surface area contributed by atoms with Gasteiger partial charge >= 0.3 is 0 Å². The fourth-order valence-corrected chi connectivity index (χ4v) is 4.29. The Morgan fingerprint density at radius 3 is 2.85 bits per heavy atom. The number of hydrogen-bond donors (Lipinski definition) is 1. The summed E-state index contributed by atoms with van der Waals surface area (Å²) in [6, 6.07) is 2.20. The predicted octanol–water partition coefficient (Wildman–Crippen LogP) is 4.51. The minimum atomic E-state index is 0.348. The van der Waals surface area contributed by atoms with Crippen molar-refractivity contribution in [1.29, 1.82) is 0 Å². The van der Waals surface area contributed by atoms with Crippen LogP contribution in [-0.4, -0.2) is 16.5 Å². The van der Waals surface area contributed by atoms with Crippen LogP contribution >= 0.6 is 22.9 Å². The Morgan fingerprint density at radius 1 is 1.40 bits per heavy atom. The van der Waals surface area contributed by atoms with Crippen molar-refractivity contribution in [2.75, 3.05) is 11.9 Å². The van der Waals surface area contributed by atoms with Crippen molar-refractivity contribution in [3.8, 4) is 0 Å². The third kappa shape index (κ3) is 2.19. The minimum absolute atomic E-state index is 0.348. The zero-order valence-corrected chi connectivity index (χ0v) is 13.2. The van der Waals surface area contributed by atoms with E-state index < -0.39 is 0 Å². The molecule has 2 aromatic heterocycles. The molecule has 0 radical (unpaired) electrons. The summed E-state index contributed by atoms with van der Waals surface area (Å²) in [5.74, 6) is 1.87. The summed E-state index contributed by atoms with van der Waals surface area (Å²) in [5.41, 5.74) is 0.563. The first-order valence-corrected chi connectivity index (χ1v) is 8.59. The maximum absolute atomic E-state index is 6.06. The summed E-state index contributed by atoms with van der Waals surface area (Å²) in [4.78, 5) is 11.1. The number of rotatable bonds is 5. The van der Waals surface area contributed by atoms with Gasteiger partial charge in [0.1, 0.15) is 10.6 Å². The van der Waals surface area contributed by atoms with E-state index in [1.807, 2.05) is 0 Å². The quantitative estimate of drug-likeness (QED) is 0.826. The molecule has 2 heterocycles. The Kier molecular flexibility index (Phi) is 2.93. The van der Waals surface area contributed by atoms with Gasteiger partial charge in [0.2, 0.25) is 5.28 Å². The normalized spacial score (nSPS) is 20.3. The van der Waals surface area contributed by atoms with Crippen LogP contribution in [0.5, 0.6) is 0 Å². The van der Waals surface area contributed by atoms with Gasteiger partial charge in [-0.05, 0) is 61.1 Å². The van der Waals surface area contributed by atoms with Crippen molar-refractivity contribution in [2.45, 2.75) is 39.0 Å². The predicted molar refractivity (Wildman–Crippen MR) is 84.7 cm³/mol. The molecule has 2 aliphatic carbocycles. The van der Waals surface area contributed by atoms with Gasteiger partial charge in [-0.25, -0.2) is 9.97 Å². The van der Waals surface area contributed by atoms with Gasteiger partial charge in [-0.1, -0.05) is 6.92 Å². The Labute approximate surface area is 127 Å². The topological polar surface area (TPSA) is 37.8 Å². The fraction of sp³-hybridized carbons (Fsp3) is 0.600. The molecule has 2 fully saturated rings. The zero-order valence-electron chi connectivity index (χ0n) is 11.6. The summed E-state index contributed by atoms with van der Waals surface area (Å²) >= 11 is 7.78. The highest BCUT2D eigenvalue weighted by Gasteiger charge is 2.53. The minimum Gasteiger partial charge on any atom is -0.369 e. The molecule has 0 aromatic carbocycles. The van der Waals surface area contributed by atoms with Crippen LogP contribution in [0.2, 0.25) is 5.28 Å². The molecule has 0 unspecified atom stereocenters. The van der Waals surface area contributed by atoms with Crippen molar-refractivity contribution in [3.63, 3.8) is 0 Å². The van der Waals surface area contributed by atoms with Gasteiger partial charge in [-0.15, -0.1) is 11.3 Å². The third-order valence-electron chi connectivity index (χ3n) is 4.71. The Balaban J connectivity index is 1.62. The average molecular weight is 308 g/mol. The monoisotopic (exact) mass is 307 g/mol. The number of anilines is 1. The number of nitrogens with one attached hydrogen (secondary N) is 1. The van der Waals surface area contributed by atoms with Gasteiger partial charge in [0.25, 0.3) is 0 Å². The van der Waals surface area contributed by atoms with Crippen molar-refractivity contribution in [2.24, 2.45) is 11.3 Å². The summed E-state index contributed by atoms with van der Waals surface area (Å²) in [6.07, 6.45) is 6.61. The molecule has 0 saturated heterocycles. The molecule has 1 N–H and O–H groups in total. The molecule has 0 spiro atoms.